The summed E-state index contributed by atoms with van der Waals surface area (Å²) in [4.78, 5) is 0. The molecule has 0 radical (unpaired) electrons. The van der Waals surface area contributed by atoms with Crippen molar-refractivity contribution in [1.82, 2.24) is 0 Å². The number of hydrogen-bond donors (Lipinski definition) is 1. The Morgan fingerprint density at radius 3 is 2.31 bits per heavy atom. The predicted octanol–water partition coefficient (Wildman–Crippen LogP) is 2.12. The van der Waals surface area contributed by atoms with Crippen molar-refractivity contribution >= 4 is 0 Å². The molecule has 0 saturated heterocycles. The molecule has 0 fully saturated rings. The molecular weight excluding hydrogens is 209 g/mol. The van der Waals surface area contributed by atoms with E-state index >= 15 is 0 Å². The molecule has 0 unspecified atom stereocenters. The van der Waals surface area contributed by atoms with Gasteiger partial charge in [-0.15, -0.1) is 0 Å². The summed E-state index contributed by atoms with van der Waals surface area (Å²) in [5, 5.41) is 0. The third-order valence-corrected chi connectivity index (χ3v) is 2.22. The van der Waals surface area contributed by atoms with E-state index in [1.165, 1.54) is 20.3 Å². The van der Waals surface area contributed by atoms with Gasteiger partial charge in [0.25, 0.3) is 0 Å². The van der Waals surface area contributed by atoms with Crippen molar-refractivity contribution in [2.45, 2.75) is 25.8 Å². The van der Waals surface area contributed by atoms with E-state index in [-0.39, 0.29) is 5.82 Å². The summed E-state index contributed by atoms with van der Waals surface area (Å²) < 4.78 is 24.0. The summed E-state index contributed by atoms with van der Waals surface area (Å²) >= 11 is 0. The molecule has 90 valence electrons. The molecule has 16 heavy (non-hydrogen) atoms. The van der Waals surface area contributed by atoms with E-state index in [0.717, 1.165) is 0 Å². The Morgan fingerprint density at radius 1 is 1.25 bits per heavy atom. The minimum atomic E-state index is -0.500. The van der Waals surface area contributed by atoms with Crippen molar-refractivity contribution in [2.24, 2.45) is 5.73 Å². The largest absolute Gasteiger partial charge is 0.493 e. The van der Waals surface area contributed by atoms with Crippen molar-refractivity contribution in [3.8, 4) is 11.5 Å². The summed E-state index contributed by atoms with van der Waals surface area (Å²) in [6.07, 6.45) is 0.388. The van der Waals surface area contributed by atoms with Crippen molar-refractivity contribution < 1.29 is 13.9 Å². The molecule has 0 atom stereocenters. The maximum absolute atomic E-state index is 13.7. The lowest BCUT2D eigenvalue weighted by Gasteiger charge is -2.21. The van der Waals surface area contributed by atoms with Crippen molar-refractivity contribution in [3.05, 3.63) is 23.5 Å². The molecule has 1 aromatic carbocycles. The SMILES string of the molecule is COc1ccc(F)c(CC(C)(C)N)c1OC. The van der Waals surface area contributed by atoms with Crippen LogP contribution in [-0.4, -0.2) is 19.8 Å². The maximum Gasteiger partial charge on any atom is 0.166 e. The maximum atomic E-state index is 13.7. The smallest absolute Gasteiger partial charge is 0.166 e. The molecule has 4 heteroatoms. The van der Waals surface area contributed by atoms with Crippen LogP contribution < -0.4 is 15.2 Å². The van der Waals surface area contributed by atoms with Gasteiger partial charge in [-0.2, -0.15) is 0 Å². The Bertz CT molecular complexity index is 372. The first kappa shape index (κ1) is 12.8. The molecular formula is C12H18FNO2. The van der Waals surface area contributed by atoms with Crippen LogP contribution in [0.1, 0.15) is 19.4 Å². The summed E-state index contributed by atoms with van der Waals surface area (Å²) in [7, 11) is 3.01. The third-order valence-electron chi connectivity index (χ3n) is 2.22. The van der Waals surface area contributed by atoms with E-state index in [1.54, 1.807) is 6.07 Å². The predicted molar refractivity (Wildman–Crippen MR) is 61.5 cm³/mol. The molecule has 0 heterocycles. The Labute approximate surface area is 95.4 Å². The van der Waals surface area contributed by atoms with Gasteiger partial charge in [-0.3, -0.25) is 0 Å². The van der Waals surface area contributed by atoms with Crippen LogP contribution in [0.15, 0.2) is 12.1 Å². The fourth-order valence-electron chi connectivity index (χ4n) is 1.59. The van der Waals surface area contributed by atoms with Crippen LogP contribution in [0.25, 0.3) is 0 Å². The van der Waals surface area contributed by atoms with Gasteiger partial charge < -0.3 is 15.2 Å². The van der Waals surface area contributed by atoms with Crippen LogP contribution in [0.4, 0.5) is 4.39 Å². The highest BCUT2D eigenvalue weighted by molar-refractivity contribution is 5.48. The zero-order valence-electron chi connectivity index (χ0n) is 10.1. The Hall–Kier alpha value is -1.29. The van der Waals surface area contributed by atoms with Crippen molar-refractivity contribution in [3.63, 3.8) is 0 Å². The monoisotopic (exact) mass is 227 g/mol. The molecule has 2 N–H and O–H groups in total. The van der Waals surface area contributed by atoms with Gasteiger partial charge in [0.1, 0.15) is 5.82 Å². The van der Waals surface area contributed by atoms with Crippen LogP contribution in [-0.2, 0) is 6.42 Å². The van der Waals surface area contributed by atoms with Gasteiger partial charge in [0.05, 0.1) is 14.2 Å². The zero-order chi connectivity index (χ0) is 12.3. The third kappa shape index (κ3) is 2.85. The Morgan fingerprint density at radius 2 is 1.88 bits per heavy atom. The molecule has 0 bridgehead atoms. The van der Waals surface area contributed by atoms with Gasteiger partial charge >= 0.3 is 0 Å². The molecule has 0 aliphatic carbocycles. The average Bonchev–Trinajstić information content (AvgIpc) is 2.19. The molecule has 0 amide bonds. The number of nitrogens with two attached hydrogens (primary N) is 1. The first-order chi connectivity index (χ1) is 7.39. The highest BCUT2D eigenvalue weighted by atomic mass is 19.1. The number of benzene rings is 1. The molecule has 0 aliphatic rings. The van der Waals surface area contributed by atoms with E-state index in [1.807, 2.05) is 13.8 Å². The number of ether oxygens (including phenoxy) is 2. The lowest BCUT2D eigenvalue weighted by molar-refractivity contribution is 0.344. The van der Waals surface area contributed by atoms with E-state index in [9.17, 15) is 4.39 Å². The minimum Gasteiger partial charge on any atom is -0.493 e. The number of rotatable bonds is 4. The molecule has 0 saturated carbocycles. The Balaban J connectivity index is 3.23. The van der Waals surface area contributed by atoms with Crippen LogP contribution >= 0.6 is 0 Å². The minimum absolute atomic E-state index is 0.323. The number of hydrogen-bond acceptors (Lipinski definition) is 3. The van der Waals surface area contributed by atoms with Gasteiger partial charge in [0.2, 0.25) is 0 Å². The van der Waals surface area contributed by atoms with Crippen molar-refractivity contribution in [2.75, 3.05) is 14.2 Å². The summed E-state index contributed by atoms with van der Waals surface area (Å²) in [6.45, 7) is 3.68. The zero-order valence-corrected chi connectivity index (χ0v) is 10.1. The van der Waals surface area contributed by atoms with Gasteiger partial charge in [-0.05, 0) is 32.4 Å². The van der Waals surface area contributed by atoms with E-state index in [0.29, 0.717) is 23.5 Å². The molecule has 0 spiro atoms. The second-order valence-corrected chi connectivity index (χ2v) is 4.43. The highest BCUT2D eigenvalue weighted by Gasteiger charge is 2.21. The molecule has 3 nitrogen and oxygen atoms in total. The van der Waals surface area contributed by atoms with Gasteiger partial charge in [0, 0.05) is 11.1 Å². The van der Waals surface area contributed by atoms with Crippen molar-refractivity contribution in [1.29, 1.82) is 0 Å². The van der Waals surface area contributed by atoms with E-state index < -0.39 is 5.54 Å². The molecule has 1 rings (SSSR count). The van der Waals surface area contributed by atoms with Crippen LogP contribution in [0, 0.1) is 5.82 Å². The topological polar surface area (TPSA) is 44.5 Å². The van der Waals surface area contributed by atoms with Crippen LogP contribution in [0.3, 0.4) is 0 Å². The standard InChI is InChI=1S/C12H18FNO2/c1-12(2,14)7-8-9(13)5-6-10(15-3)11(8)16-4/h5-6H,7,14H2,1-4H3. The Kier molecular flexibility index (Phi) is 3.75. The summed E-state index contributed by atoms with van der Waals surface area (Å²) in [5.41, 5.74) is 5.84. The number of halogens is 1. The molecule has 1 aromatic rings. The fourth-order valence-corrected chi connectivity index (χ4v) is 1.59. The highest BCUT2D eigenvalue weighted by Crippen LogP contribution is 2.34. The number of methoxy groups -OCH3 is 2. The molecule has 0 aromatic heterocycles. The summed E-state index contributed by atoms with van der Waals surface area (Å²) in [5.74, 6) is 0.611. The van der Waals surface area contributed by atoms with E-state index in [4.69, 9.17) is 15.2 Å². The van der Waals surface area contributed by atoms with Crippen LogP contribution in [0.5, 0.6) is 11.5 Å². The quantitative estimate of drug-likeness (QED) is 0.857. The normalized spacial score (nSPS) is 11.4. The second kappa shape index (κ2) is 4.70. The average molecular weight is 227 g/mol. The van der Waals surface area contributed by atoms with Crippen LogP contribution in [0.2, 0.25) is 0 Å². The lowest BCUT2D eigenvalue weighted by atomic mass is 9.95. The molecule has 0 aliphatic heterocycles. The summed E-state index contributed by atoms with van der Waals surface area (Å²) in [6, 6.07) is 2.91. The first-order valence-electron chi connectivity index (χ1n) is 5.07. The first-order valence-corrected chi connectivity index (χ1v) is 5.07. The van der Waals surface area contributed by atoms with Gasteiger partial charge in [-0.25, -0.2) is 4.39 Å². The van der Waals surface area contributed by atoms with Gasteiger partial charge in [-0.1, -0.05) is 0 Å². The fraction of sp³-hybridized carbons (Fsp3) is 0.500. The second-order valence-electron chi connectivity index (χ2n) is 4.43. The van der Waals surface area contributed by atoms with E-state index in [2.05, 4.69) is 0 Å². The van der Waals surface area contributed by atoms with Gasteiger partial charge in [0.15, 0.2) is 11.5 Å². The lowest BCUT2D eigenvalue weighted by Crippen LogP contribution is -2.34.